The van der Waals surface area contributed by atoms with Crippen molar-refractivity contribution in [3.63, 3.8) is 0 Å². The quantitative estimate of drug-likeness (QED) is 0.368. The molecule has 0 aliphatic carbocycles. The van der Waals surface area contributed by atoms with E-state index in [1.807, 2.05) is 53.4 Å². The first kappa shape index (κ1) is 20.7. The zero-order valence-corrected chi connectivity index (χ0v) is 19.4. The number of carbonyl (C=O) groups excluding carboxylic acids is 1. The highest BCUT2D eigenvalue weighted by molar-refractivity contribution is 7.19. The number of fused-ring (bicyclic) bond motifs is 1. The van der Waals surface area contributed by atoms with E-state index >= 15 is 0 Å². The molecule has 5 aromatic rings. The van der Waals surface area contributed by atoms with Crippen LogP contribution in [0.25, 0.3) is 31.9 Å². The van der Waals surface area contributed by atoms with Crippen LogP contribution in [0.1, 0.15) is 12.0 Å². The van der Waals surface area contributed by atoms with Gasteiger partial charge in [0, 0.05) is 34.9 Å². The monoisotopic (exact) mass is 479 g/mol. The number of hydrogen-bond acceptors (Lipinski definition) is 8. The Morgan fingerprint density at radius 1 is 1.09 bits per heavy atom. The summed E-state index contributed by atoms with van der Waals surface area (Å²) in [6.07, 6.45) is 1.64. The first-order valence-electron chi connectivity index (χ1n) is 9.78. The fourth-order valence-electron chi connectivity index (χ4n) is 3.25. The third-order valence-corrected chi connectivity index (χ3v) is 7.40. The van der Waals surface area contributed by atoms with Gasteiger partial charge in [-0.15, -0.1) is 21.5 Å². The molecule has 0 aliphatic rings. The van der Waals surface area contributed by atoms with Crippen molar-refractivity contribution in [1.82, 2.24) is 19.7 Å². The molecule has 0 bridgehead atoms. The van der Waals surface area contributed by atoms with Gasteiger partial charge in [0.1, 0.15) is 9.84 Å². The summed E-state index contributed by atoms with van der Waals surface area (Å²) in [7, 11) is 0. The minimum Gasteiger partial charge on any atom is -0.300 e. The summed E-state index contributed by atoms with van der Waals surface area (Å²) in [6, 6.07) is 10.0. The summed E-state index contributed by atoms with van der Waals surface area (Å²) in [6.45, 7) is 2.26. The number of nitrogens with zero attached hydrogens (tertiary/aromatic N) is 4. The van der Waals surface area contributed by atoms with Gasteiger partial charge in [0.2, 0.25) is 11.0 Å². The van der Waals surface area contributed by atoms with Crippen LogP contribution in [0.2, 0.25) is 0 Å². The molecule has 0 aliphatic heterocycles. The van der Waals surface area contributed by atoms with Crippen LogP contribution in [0.4, 0.5) is 5.13 Å². The van der Waals surface area contributed by atoms with E-state index < -0.39 is 0 Å². The summed E-state index contributed by atoms with van der Waals surface area (Å²) >= 11 is 4.35. The van der Waals surface area contributed by atoms with Crippen molar-refractivity contribution in [1.29, 1.82) is 0 Å². The third-order valence-electron chi connectivity index (χ3n) is 4.94. The number of amides is 1. The molecule has 32 heavy (non-hydrogen) atoms. The van der Waals surface area contributed by atoms with Crippen LogP contribution in [0.5, 0.6) is 0 Å². The highest BCUT2D eigenvalue weighted by Crippen LogP contribution is 2.31. The average molecular weight is 480 g/mol. The summed E-state index contributed by atoms with van der Waals surface area (Å²) < 4.78 is 1.49. The van der Waals surface area contributed by atoms with Crippen LogP contribution in [-0.4, -0.2) is 25.7 Å². The maximum absolute atomic E-state index is 13.1. The molecule has 0 saturated carbocycles. The average Bonchev–Trinajstić information content (AvgIpc) is 3.54. The van der Waals surface area contributed by atoms with Gasteiger partial charge in [-0.05, 0) is 23.9 Å². The number of benzene rings is 1. The third kappa shape index (κ3) is 4.12. The van der Waals surface area contributed by atoms with Gasteiger partial charge in [0.15, 0.2) is 0 Å². The molecule has 1 aromatic carbocycles. The molecule has 0 fully saturated rings. The number of nitrogens with one attached hydrogen (secondary N) is 1. The van der Waals surface area contributed by atoms with Crippen LogP contribution in [0.15, 0.2) is 57.6 Å². The summed E-state index contributed by atoms with van der Waals surface area (Å²) in [5.41, 5.74) is 3.85. The number of rotatable bonds is 6. The Hall–Kier alpha value is -3.21. The lowest BCUT2D eigenvalue weighted by Crippen LogP contribution is -2.23. The fourth-order valence-corrected chi connectivity index (χ4v) is 5.63. The summed E-state index contributed by atoms with van der Waals surface area (Å²) in [4.78, 5) is 30.7. The summed E-state index contributed by atoms with van der Waals surface area (Å²) in [5.74, 6) is -0.228. The molecular formula is C22H17N5O2S3. The maximum atomic E-state index is 13.1. The highest BCUT2D eigenvalue weighted by Gasteiger charge is 2.15. The Morgan fingerprint density at radius 3 is 2.72 bits per heavy atom. The Bertz CT molecular complexity index is 1450. The lowest BCUT2D eigenvalue weighted by Gasteiger charge is -2.06. The molecule has 7 nitrogen and oxygen atoms in total. The number of carbonyl (C=O) groups is 1. The largest absolute Gasteiger partial charge is 0.300 e. The molecule has 0 saturated heterocycles. The minimum absolute atomic E-state index is 0.129. The van der Waals surface area contributed by atoms with Crippen LogP contribution >= 0.6 is 34.0 Å². The van der Waals surface area contributed by atoms with Gasteiger partial charge < -0.3 is 5.32 Å². The zero-order chi connectivity index (χ0) is 22.1. The van der Waals surface area contributed by atoms with Crippen molar-refractivity contribution in [2.45, 2.75) is 19.9 Å². The first-order valence-corrected chi connectivity index (χ1v) is 12.4. The van der Waals surface area contributed by atoms with Crippen molar-refractivity contribution >= 4 is 55.3 Å². The number of anilines is 1. The summed E-state index contributed by atoms with van der Waals surface area (Å²) in [5, 5.41) is 18.6. The van der Waals surface area contributed by atoms with Crippen molar-refractivity contribution in [2.24, 2.45) is 0 Å². The Labute approximate surface area is 195 Å². The van der Waals surface area contributed by atoms with Gasteiger partial charge >= 0.3 is 0 Å². The maximum Gasteiger partial charge on any atom is 0.262 e. The van der Waals surface area contributed by atoms with Crippen LogP contribution < -0.4 is 10.9 Å². The molecular weight excluding hydrogens is 462 g/mol. The van der Waals surface area contributed by atoms with Crippen LogP contribution in [-0.2, 0) is 11.3 Å². The van der Waals surface area contributed by atoms with E-state index in [9.17, 15) is 9.59 Å². The second-order valence-electron chi connectivity index (χ2n) is 7.16. The molecule has 0 atom stereocenters. The molecule has 0 spiro atoms. The van der Waals surface area contributed by atoms with E-state index in [4.69, 9.17) is 0 Å². The van der Waals surface area contributed by atoms with Gasteiger partial charge in [-0.2, -0.15) is 11.3 Å². The molecule has 0 unspecified atom stereocenters. The van der Waals surface area contributed by atoms with Gasteiger partial charge in [-0.1, -0.05) is 41.2 Å². The topological polar surface area (TPSA) is 89.8 Å². The number of aromatic nitrogens is 4. The van der Waals surface area contributed by atoms with Gasteiger partial charge in [-0.3, -0.25) is 14.2 Å². The zero-order valence-electron chi connectivity index (χ0n) is 16.9. The smallest absolute Gasteiger partial charge is 0.262 e. The van der Waals surface area contributed by atoms with E-state index in [-0.39, 0.29) is 24.4 Å². The molecule has 4 aromatic heterocycles. The van der Waals surface area contributed by atoms with E-state index in [0.29, 0.717) is 15.3 Å². The first-order chi connectivity index (χ1) is 15.6. The van der Waals surface area contributed by atoms with Crippen molar-refractivity contribution in [3.8, 4) is 21.7 Å². The van der Waals surface area contributed by atoms with Crippen molar-refractivity contribution in [2.75, 3.05) is 5.32 Å². The fraction of sp³-hybridized carbons (Fsp3) is 0.136. The molecule has 1 amide bonds. The predicted molar refractivity (Wildman–Crippen MR) is 131 cm³/mol. The lowest BCUT2D eigenvalue weighted by atomic mass is 10.1. The van der Waals surface area contributed by atoms with E-state index in [2.05, 4.69) is 20.5 Å². The van der Waals surface area contributed by atoms with Gasteiger partial charge in [0.25, 0.3) is 5.56 Å². The van der Waals surface area contributed by atoms with E-state index in [1.54, 1.807) is 11.3 Å². The lowest BCUT2D eigenvalue weighted by molar-refractivity contribution is -0.116. The SMILES string of the molecule is Cc1ccc(-c2csc3ncn(CCC(=O)Nc4nnc(-c5ccsc5)s4)c(=O)c23)cc1. The van der Waals surface area contributed by atoms with E-state index in [1.165, 1.54) is 33.6 Å². The van der Waals surface area contributed by atoms with Crippen LogP contribution in [0.3, 0.4) is 0 Å². The minimum atomic E-state index is -0.228. The molecule has 0 radical (unpaired) electrons. The number of aryl methyl sites for hydroxylation is 2. The highest BCUT2D eigenvalue weighted by atomic mass is 32.1. The predicted octanol–water partition coefficient (Wildman–Crippen LogP) is 5.04. The molecule has 10 heteroatoms. The molecule has 4 heterocycles. The Balaban J connectivity index is 1.31. The number of thiophene rings is 2. The van der Waals surface area contributed by atoms with Crippen LogP contribution in [0, 0.1) is 6.92 Å². The second kappa shape index (κ2) is 8.73. The van der Waals surface area contributed by atoms with Gasteiger partial charge in [0.05, 0.1) is 11.7 Å². The second-order valence-corrected chi connectivity index (χ2v) is 9.78. The van der Waals surface area contributed by atoms with Gasteiger partial charge in [-0.25, -0.2) is 4.98 Å². The Kier molecular flexibility index (Phi) is 5.64. The normalized spacial score (nSPS) is 11.2. The Morgan fingerprint density at radius 2 is 1.94 bits per heavy atom. The molecule has 160 valence electrons. The number of hydrogen-bond donors (Lipinski definition) is 1. The van der Waals surface area contributed by atoms with Crippen molar-refractivity contribution in [3.05, 3.63) is 68.7 Å². The van der Waals surface area contributed by atoms with Crippen molar-refractivity contribution < 1.29 is 4.79 Å². The standard InChI is InChI=1S/C22H17N5O2S3/c1-13-2-4-14(5-3-13)16-11-31-20-18(16)21(29)27(12-23-20)8-6-17(28)24-22-26-25-19(32-22)15-7-9-30-10-15/h2-5,7,9-12H,6,8H2,1H3,(H,24,26,28). The molecule has 5 rings (SSSR count). The molecule has 1 N–H and O–H groups in total. The van der Waals surface area contributed by atoms with E-state index in [0.717, 1.165) is 27.3 Å².